The Hall–Kier alpha value is -1.92. The molecule has 1 atom stereocenters. The second kappa shape index (κ2) is 7.14. The summed E-state index contributed by atoms with van der Waals surface area (Å²) in [5.41, 5.74) is 2.60. The van der Waals surface area contributed by atoms with E-state index in [1.165, 1.54) is 0 Å². The quantitative estimate of drug-likeness (QED) is 0.887. The zero-order valence-electron chi connectivity index (χ0n) is 15.1. The summed E-state index contributed by atoms with van der Waals surface area (Å²) >= 11 is 0. The second-order valence-electron chi connectivity index (χ2n) is 7.11. The Morgan fingerprint density at radius 3 is 2.72 bits per heavy atom. The number of hydrogen-bond donors (Lipinski definition) is 1. The first-order chi connectivity index (χ1) is 11.9. The molecule has 1 fully saturated rings. The molecule has 1 aromatic carbocycles. The van der Waals surface area contributed by atoms with E-state index in [0.29, 0.717) is 31.9 Å². The fourth-order valence-corrected chi connectivity index (χ4v) is 3.62. The summed E-state index contributed by atoms with van der Waals surface area (Å²) in [6.45, 7) is 8.09. The summed E-state index contributed by atoms with van der Waals surface area (Å²) in [7, 11) is 0. The highest BCUT2D eigenvalue weighted by atomic mass is 16.7. The predicted molar refractivity (Wildman–Crippen MR) is 94.6 cm³/mol. The van der Waals surface area contributed by atoms with E-state index in [2.05, 4.69) is 12.2 Å². The van der Waals surface area contributed by atoms with Gasteiger partial charge in [0.05, 0.1) is 13.2 Å². The smallest absolute Gasteiger partial charge is 0.251 e. The molecule has 1 N–H and O–H groups in total. The van der Waals surface area contributed by atoms with Gasteiger partial charge in [0.2, 0.25) is 5.91 Å². The van der Waals surface area contributed by atoms with Crippen LogP contribution in [-0.4, -0.2) is 43.9 Å². The van der Waals surface area contributed by atoms with Crippen LogP contribution in [0.15, 0.2) is 18.2 Å². The number of amides is 2. The van der Waals surface area contributed by atoms with Crippen molar-refractivity contribution in [3.8, 4) is 0 Å². The maximum atomic E-state index is 12.4. The lowest BCUT2D eigenvalue weighted by Crippen LogP contribution is -2.34. The molecule has 0 saturated carbocycles. The first-order valence-corrected chi connectivity index (χ1v) is 8.85. The van der Waals surface area contributed by atoms with Crippen LogP contribution in [0.2, 0.25) is 0 Å². The van der Waals surface area contributed by atoms with Crippen molar-refractivity contribution >= 4 is 17.5 Å². The third kappa shape index (κ3) is 4.02. The average Bonchev–Trinajstić information content (AvgIpc) is 3.18. The lowest BCUT2D eigenvalue weighted by atomic mass is 10.0. The number of carbonyl (C=O) groups excluding carboxylic acids is 2. The van der Waals surface area contributed by atoms with Gasteiger partial charge < -0.3 is 19.7 Å². The van der Waals surface area contributed by atoms with E-state index in [1.54, 1.807) is 17.9 Å². The fourth-order valence-electron chi connectivity index (χ4n) is 3.62. The number of fused-ring (bicyclic) bond motifs is 1. The van der Waals surface area contributed by atoms with Crippen LogP contribution in [0.1, 0.15) is 43.1 Å². The molecule has 2 heterocycles. The number of nitrogens with zero attached hydrogens (tertiary/aromatic N) is 1. The maximum Gasteiger partial charge on any atom is 0.251 e. The fraction of sp³-hybridized carbons (Fsp3) is 0.579. The molecule has 25 heavy (non-hydrogen) atoms. The van der Waals surface area contributed by atoms with Gasteiger partial charge in [-0.05, 0) is 43.0 Å². The molecular formula is C19H26N2O4. The molecule has 2 aliphatic rings. The van der Waals surface area contributed by atoms with Crippen LogP contribution in [-0.2, 0) is 20.7 Å². The van der Waals surface area contributed by atoms with Gasteiger partial charge in [0, 0.05) is 37.7 Å². The van der Waals surface area contributed by atoms with Gasteiger partial charge in [0.15, 0.2) is 5.79 Å². The van der Waals surface area contributed by atoms with Crippen LogP contribution < -0.4 is 10.2 Å². The molecule has 1 saturated heterocycles. The van der Waals surface area contributed by atoms with E-state index in [0.717, 1.165) is 24.1 Å². The van der Waals surface area contributed by atoms with Gasteiger partial charge in [-0.2, -0.15) is 0 Å². The number of benzene rings is 1. The van der Waals surface area contributed by atoms with Gasteiger partial charge >= 0.3 is 0 Å². The summed E-state index contributed by atoms with van der Waals surface area (Å²) in [4.78, 5) is 25.8. The number of nitrogens with one attached hydrogen (secondary N) is 1. The zero-order chi connectivity index (χ0) is 18.0. The SMILES string of the molecule is CC(=O)N1CCc2cc(C(=O)NC[C@H](C)CC3(C)OCCO3)ccc21. The molecule has 0 unspecified atom stereocenters. The van der Waals surface area contributed by atoms with Crippen molar-refractivity contribution in [2.75, 3.05) is 31.2 Å². The molecule has 2 aliphatic heterocycles. The summed E-state index contributed by atoms with van der Waals surface area (Å²) in [5, 5.41) is 2.98. The summed E-state index contributed by atoms with van der Waals surface area (Å²) in [6.07, 6.45) is 1.53. The van der Waals surface area contributed by atoms with Crippen molar-refractivity contribution in [2.45, 2.75) is 39.4 Å². The molecule has 0 aromatic heterocycles. The Kier molecular flexibility index (Phi) is 5.11. The largest absolute Gasteiger partial charge is 0.352 e. The van der Waals surface area contributed by atoms with Crippen LogP contribution in [0.5, 0.6) is 0 Å². The lowest BCUT2D eigenvalue weighted by molar-refractivity contribution is -0.153. The molecule has 3 rings (SSSR count). The van der Waals surface area contributed by atoms with Gasteiger partial charge in [-0.1, -0.05) is 6.92 Å². The number of rotatable bonds is 5. The van der Waals surface area contributed by atoms with Crippen molar-refractivity contribution in [3.63, 3.8) is 0 Å². The maximum absolute atomic E-state index is 12.4. The lowest BCUT2D eigenvalue weighted by Gasteiger charge is -2.26. The van der Waals surface area contributed by atoms with E-state index < -0.39 is 5.79 Å². The minimum absolute atomic E-state index is 0.0367. The summed E-state index contributed by atoms with van der Waals surface area (Å²) in [5.74, 6) is -0.341. The summed E-state index contributed by atoms with van der Waals surface area (Å²) < 4.78 is 11.2. The minimum atomic E-state index is -0.534. The molecule has 6 heteroatoms. The Balaban J connectivity index is 1.56. The van der Waals surface area contributed by atoms with Gasteiger partial charge in [0.25, 0.3) is 5.91 Å². The molecular weight excluding hydrogens is 320 g/mol. The van der Waals surface area contributed by atoms with Crippen LogP contribution in [0.4, 0.5) is 5.69 Å². The number of carbonyl (C=O) groups is 2. The summed E-state index contributed by atoms with van der Waals surface area (Å²) in [6, 6.07) is 5.54. The Labute approximate surface area is 148 Å². The molecule has 6 nitrogen and oxygen atoms in total. The number of hydrogen-bond acceptors (Lipinski definition) is 4. The number of anilines is 1. The van der Waals surface area contributed by atoms with E-state index in [1.807, 2.05) is 19.1 Å². The molecule has 136 valence electrons. The van der Waals surface area contributed by atoms with Crippen LogP contribution >= 0.6 is 0 Å². The normalized spacial score (nSPS) is 19.6. The second-order valence-corrected chi connectivity index (χ2v) is 7.11. The Morgan fingerprint density at radius 1 is 1.32 bits per heavy atom. The van der Waals surface area contributed by atoms with Crippen molar-refractivity contribution < 1.29 is 19.1 Å². The van der Waals surface area contributed by atoms with Crippen molar-refractivity contribution in [3.05, 3.63) is 29.3 Å². The van der Waals surface area contributed by atoms with Crippen molar-refractivity contribution in [1.82, 2.24) is 5.32 Å². The van der Waals surface area contributed by atoms with E-state index in [-0.39, 0.29) is 17.7 Å². The average molecular weight is 346 g/mol. The number of ether oxygens (including phenoxy) is 2. The standard InChI is InChI=1S/C19H26N2O4/c1-13(11-19(3)24-8-9-25-19)12-20-18(23)16-4-5-17-15(10-16)6-7-21(17)14(2)22/h4-5,10,13H,6-9,11-12H2,1-3H3,(H,20,23)/t13-/m1/s1. The zero-order valence-corrected chi connectivity index (χ0v) is 15.1. The molecule has 0 radical (unpaired) electrons. The first kappa shape index (κ1) is 17.9. The monoisotopic (exact) mass is 346 g/mol. The first-order valence-electron chi connectivity index (χ1n) is 8.85. The van der Waals surface area contributed by atoms with E-state index in [4.69, 9.17) is 9.47 Å². The third-order valence-corrected chi connectivity index (χ3v) is 4.85. The van der Waals surface area contributed by atoms with Gasteiger partial charge in [0.1, 0.15) is 0 Å². The molecule has 0 spiro atoms. The van der Waals surface area contributed by atoms with Crippen LogP contribution in [0, 0.1) is 5.92 Å². The molecule has 1 aromatic rings. The van der Waals surface area contributed by atoms with Gasteiger partial charge in [-0.25, -0.2) is 0 Å². The highest BCUT2D eigenvalue weighted by molar-refractivity contribution is 5.97. The highest BCUT2D eigenvalue weighted by Gasteiger charge is 2.32. The van der Waals surface area contributed by atoms with Crippen LogP contribution in [0.25, 0.3) is 0 Å². The molecule has 0 bridgehead atoms. The highest BCUT2D eigenvalue weighted by Crippen LogP contribution is 2.29. The van der Waals surface area contributed by atoms with Gasteiger partial charge in [-0.3, -0.25) is 9.59 Å². The van der Waals surface area contributed by atoms with E-state index in [9.17, 15) is 9.59 Å². The van der Waals surface area contributed by atoms with Crippen molar-refractivity contribution in [1.29, 1.82) is 0 Å². The minimum Gasteiger partial charge on any atom is -0.352 e. The van der Waals surface area contributed by atoms with Gasteiger partial charge in [-0.15, -0.1) is 0 Å². The molecule has 0 aliphatic carbocycles. The topological polar surface area (TPSA) is 67.9 Å². The van der Waals surface area contributed by atoms with Crippen LogP contribution in [0.3, 0.4) is 0 Å². The Morgan fingerprint density at radius 2 is 2.04 bits per heavy atom. The van der Waals surface area contributed by atoms with E-state index >= 15 is 0 Å². The molecule has 2 amide bonds. The third-order valence-electron chi connectivity index (χ3n) is 4.85. The predicted octanol–water partition coefficient (Wildman–Crippen LogP) is 2.11. The van der Waals surface area contributed by atoms with Crippen molar-refractivity contribution in [2.24, 2.45) is 5.92 Å². The Bertz CT molecular complexity index is 667.